The standard InChI is InChI=1S/C28H44O3/c1-18(2)19(3)7-8-20(4)22-9-10-23-25(22,5)13-12-24-26(6)14-11-21(29)17-27(26)15-16-28(23,24)31-30-27/h7-8,15-16,18-24,29H,9-14,17H2,1-6H3/t19-,20-,21+,22-,23+,24-,25-,26-,27-,28+/m1/s1. The maximum Gasteiger partial charge on any atom is 0.130 e. The van der Waals surface area contributed by atoms with Crippen LogP contribution >= 0.6 is 0 Å². The molecule has 0 radical (unpaired) electrons. The Balaban J connectivity index is 1.45. The van der Waals surface area contributed by atoms with Crippen molar-refractivity contribution in [3.63, 3.8) is 0 Å². The molecule has 2 aliphatic heterocycles. The maximum absolute atomic E-state index is 10.4. The molecule has 10 atom stereocenters. The topological polar surface area (TPSA) is 38.7 Å². The summed E-state index contributed by atoms with van der Waals surface area (Å²) >= 11 is 0. The summed E-state index contributed by atoms with van der Waals surface area (Å²) in [5.74, 6) is 3.64. The lowest BCUT2D eigenvalue weighted by Gasteiger charge is -2.69. The number of fused-ring (bicyclic) bond motifs is 2. The third kappa shape index (κ3) is 2.88. The zero-order valence-corrected chi connectivity index (χ0v) is 20.6. The molecule has 4 aliphatic carbocycles. The van der Waals surface area contributed by atoms with E-state index in [0.717, 1.165) is 12.8 Å². The van der Waals surface area contributed by atoms with E-state index in [-0.39, 0.29) is 22.5 Å². The first-order valence-electron chi connectivity index (χ1n) is 13.0. The van der Waals surface area contributed by atoms with Crippen LogP contribution in [0.1, 0.15) is 86.5 Å². The Kier molecular flexibility index (Phi) is 5.13. The van der Waals surface area contributed by atoms with Crippen LogP contribution in [-0.4, -0.2) is 22.4 Å². The zero-order chi connectivity index (χ0) is 22.2. The molecule has 3 nitrogen and oxygen atoms in total. The summed E-state index contributed by atoms with van der Waals surface area (Å²) in [5, 5.41) is 10.4. The molecule has 0 amide bonds. The van der Waals surface area contributed by atoms with Gasteiger partial charge in [0.25, 0.3) is 0 Å². The Labute approximate surface area is 189 Å². The smallest absolute Gasteiger partial charge is 0.130 e. The Hall–Kier alpha value is -0.640. The van der Waals surface area contributed by atoms with Gasteiger partial charge in [-0.05, 0) is 73.7 Å². The fourth-order valence-corrected chi connectivity index (χ4v) is 8.71. The molecule has 3 heteroatoms. The van der Waals surface area contributed by atoms with Crippen LogP contribution in [0.15, 0.2) is 24.3 Å². The SMILES string of the molecule is CC(C)[C@H](C)C=C[C@@H](C)[C@H]1CC[C@H]2[C@]1(C)CC[C@H]1[C@]23C=C[C@]2(C[C@@H](O)CC[C@]12C)OO3. The molecular weight excluding hydrogens is 384 g/mol. The third-order valence-corrected chi connectivity index (χ3v) is 11.1. The van der Waals surface area contributed by atoms with E-state index in [9.17, 15) is 5.11 Å². The second-order valence-electron chi connectivity index (χ2n) is 12.7. The molecule has 2 heterocycles. The average Bonchev–Trinajstić information content (AvgIpc) is 3.09. The summed E-state index contributed by atoms with van der Waals surface area (Å²) in [5.41, 5.74) is -0.366. The Morgan fingerprint density at radius 2 is 1.68 bits per heavy atom. The average molecular weight is 429 g/mol. The summed E-state index contributed by atoms with van der Waals surface area (Å²) in [4.78, 5) is 12.8. The molecule has 0 aromatic heterocycles. The number of hydrogen-bond donors (Lipinski definition) is 1. The fraction of sp³-hybridized carbons (Fsp3) is 0.857. The van der Waals surface area contributed by atoms with Crippen molar-refractivity contribution in [2.75, 3.05) is 0 Å². The van der Waals surface area contributed by atoms with Gasteiger partial charge in [-0.2, -0.15) is 0 Å². The van der Waals surface area contributed by atoms with Gasteiger partial charge in [-0.1, -0.05) is 59.8 Å². The summed E-state index contributed by atoms with van der Waals surface area (Å²) < 4.78 is 0. The van der Waals surface area contributed by atoms with Gasteiger partial charge >= 0.3 is 0 Å². The van der Waals surface area contributed by atoms with Crippen molar-refractivity contribution in [1.29, 1.82) is 0 Å². The van der Waals surface area contributed by atoms with Crippen LogP contribution < -0.4 is 0 Å². The molecular formula is C28H44O3. The molecule has 0 aromatic carbocycles. The van der Waals surface area contributed by atoms with Gasteiger partial charge in [-0.15, -0.1) is 0 Å². The van der Waals surface area contributed by atoms with Crippen LogP contribution in [0.25, 0.3) is 0 Å². The normalized spacial score (nSPS) is 52.8. The first kappa shape index (κ1) is 22.2. The second kappa shape index (κ2) is 7.18. The van der Waals surface area contributed by atoms with Crippen LogP contribution in [-0.2, 0) is 9.78 Å². The summed E-state index contributed by atoms with van der Waals surface area (Å²) in [6.45, 7) is 14.4. The van der Waals surface area contributed by atoms with E-state index in [1.54, 1.807) is 0 Å². The highest BCUT2D eigenvalue weighted by Gasteiger charge is 2.74. The Bertz CT molecular complexity index is 772. The number of aliphatic hydroxyl groups is 1. The molecule has 3 saturated carbocycles. The first-order chi connectivity index (χ1) is 14.6. The lowest BCUT2D eigenvalue weighted by Crippen LogP contribution is -2.73. The first-order valence-corrected chi connectivity index (χ1v) is 13.0. The van der Waals surface area contributed by atoms with Gasteiger partial charge in [0.05, 0.1) is 6.10 Å². The van der Waals surface area contributed by atoms with Gasteiger partial charge < -0.3 is 5.11 Å². The predicted molar refractivity (Wildman–Crippen MR) is 124 cm³/mol. The van der Waals surface area contributed by atoms with Gasteiger partial charge in [0.1, 0.15) is 11.2 Å². The van der Waals surface area contributed by atoms with Gasteiger partial charge in [0.2, 0.25) is 0 Å². The van der Waals surface area contributed by atoms with E-state index >= 15 is 0 Å². The zero-order valence-electron chi connectivity index (χ0n) is 20.6. The van der Waals surface area contributed by atoms with Crippen molar-refractivity contribution in [3.8, 4) is 0 Å². The minimum Gasteiger partial charge on any atom is -0.393 e. The van der Waals surface area contributed by atoms with E-state index in [1.807, 2.05) is 0 Å². The van der Waals surface area contributed by atoms with E-state index < -0.39 is 5.60 Å². The van der Waals surface area contributed by atoms with E-state index in [1.165, 1.54) is 25.7 Å². The Morgan fingerprint density at radius 3 is 2.35 bits per heavy atom. The fourth-order valence-electron chi connectivity index (χ4n) is 8.71. The molecule has 0 unspecified atom stereocenters. The summed E-state index contributed by atoms with van der Waals surface area (Å²) in [6, 6.07) is 0. The molecule has 0 aromatic rings. The van der Waals surface area contributed by atoms with Crippen molar-refractivity contribution in [1.82, 2.24) is 0 Å². The quantitative estimate of drug-likeness (QED) is 0.412. The van der Waals surface area contributed by atoms with Gasteiger partial charge in [-0.3, -0.25) is 0 Å². The third-order valence-electron chi connectivity index (χ3n) is 11.1. The van der Waals surface area contributed by atoms with Crippen molar-refractivity contribution in [3.05, 3.63) is 24.3 Å². The summed E-state index contributed by atoms with van der Waals surface area (Å²) in [7, 11) is 0. The van der Waals surface area contributed by atoms with Gasteiger partial charge in [0.15, 0.2) is 0 Å². The number of aliphatic hydroxyl groups excluding tert-OH is 1. The van der Waals surface area contributed by atoms with E-state index in [4.69, 9.17) is 9.78 Å². The van der Waals surface area contributed by atoms with E-state index in [2.05, 4.69) is 65.8 Å². The molecule has 6 rings (SSSR count). The molecule has 2 spiro atoms. The second-order valence-corrected chi connectivity index (χ2v) is 12.7. The number of hydrogen-bond acceptors (Lipinski definition) is 3. The monoisotopic (exact) mass is 428 g/mol. The molecule has 1 N–H and O–H groups in total. The summed E-state index contributed by atoms with van der Waals surface area (Å²) in [6.07, 6.45) is 17.0. The van der Waals surface area contributed by atoms with Crippen LogP contribution in [0.2, 0.25) is 0 Å². The van der Waals surface area contributed by atoms with Crippen LogP contribution in [0.3, 0.4) is 0 Å². The molecule has 1 saturated heterocycles. The maximum atomic E-state index is 10.4. The van der Waals surface area contributed by atoms with E-state index in [0.29, 0.717) is 41.9 Å². The molecule has 4 fully saturated rings. The van der Waals surface area contributed by atoms with Crippen molar-refractivity contribution >= 4 is 0 Å². The molecule has 2 bridgehead atoms. The number of allylic oxidation sites excluding steroid dienone is 2. The highest BCUT2D eigenvalue weighted by molar-refractivity contribution is 5.33. The predicted octanol–water partition coefficient (Wildman–Crippen LogP) is 6.47. The van der Waals surface area contributed by atoms with Gasteiger partial charge in [0, 0.05) is 23.7 Å². The molecule has 6 aliphatic rings. The van der Waals surface area contributed by atoms with Crippen LogP contribution in [0, 0.1) is 46.3 Å². The molecule has 174 valence electrons. The minimum atomic E-state index is -0.439. The van der Waals surface area contributed by atoms with Gasteiger partial charge in [-0.25, -0.2) is 9.78 Å². The van der Waals surface area contributed by atoms with Crippen molar-refractivity contribution in [2.45, 2.75) is 104 Å². The van der Waals surface area contributed by atoms with Crippen molar-refractivity contribution in [2.24, 2.45) is 46.3 Å². The largest absolute Gasteiger partial charge is 0.393 e. The highest BCUT2D eigenvalue weighted by Crippen LogP contribution is 2.72. The van der Waals surface area contributed by atoms with Crippen LogP contribution in [0.5, 0.6) is 0 Å². The van der Waals surface area contributed by atoms with Crippen molar-refractivity contribution < 1.29 is 14.9 Å². The minimum absolute atomic E-state index is 0.0663. The number of rotatable bonds is 4. The lowest BCUT2D eigenvalue weighted by atomic mass is 9.43. The molecule has 31 heavy (non-hydrogen) atoms. The lowest BCUT2D eigenvalue weighted by molar-refractivity contribution is -0.497. The highest BCUT2D eigenvalue weighted by atomic mass is 17.2. The van der Waals surface area contributed by atoms with Crippen LogP contribution in [0.4, 0.5) is 0 Å². The Morgan fingerprint density at radius 1 is 0.903 bits per heavy atom.